The smallest absolute Gasteiger partial charge is 0.161 e. The summed E-state index contributed by atoms with van der Waals surface area (Å²) in [6, 6.07) is 7.51. The van der Waals surface area contributed by atoms with Crippen molar-refractivity contribution in [1.82, 2.24) is 0 Å². The van der Waals surface area contributed by atoms with Crippen LogP contribution in [-0.2, 0) is 4.74 Å². The molecule has 5 heteroatoms. The van der Waals surface area contributed by atoms with Gasteiger partial charge in [0.15, 0.2) is 17.6 Å². The Balaban J connectivity index is 1.78. The van der Waals surface area contributed by atoms with E-state index in [4.69, 9.17) is 19.9 Å². The first-order valence-electron chi connectivity index (χ1n) is 5.64. The first kappa shape index (κ1) is 12.2. The Hall–Kier alpha value is -1.30. The molecule has 0 saturated carbocycles. The predicted molar refractivity (Wildman–Crippen MR) is 62.2 cm³/mol. The summed E-state index contributed by atoms with van der Waals surface area (Å²) in [5.74, 6) is 1.48. The van der Waals surface area contributed by atoms with Crippen LogP contribution in [0, 0.1) is 0 Å². The zero-order valence-electron chi connectivity index (χ0n) is 9.54. The van der Waals surface area contributed by atoms with Gasteiger partial charge in [-0.1, -0.05) is 12.1 Å². The van der Waals surface area contributed by atoms with E-state index in [1.165, 1.54) is 0 Å². The zero-order valence-corrected chi connectivity index (χ0v) is 9.54. The van der Waals surface area contributed by atoms with Crippen LogP contribution in [0.3, 0.4) is 0 Å². The molecule has 17 heavy (non-hydrogen) atoms. The van der Waals surface area contributed by atoms with E-state index in [0.717, 1.165) is 11.5 Å². The Bertz CT molecular complexity index is 358. The van der Waals surface area contributed by atoms with Crippen LogP contribution >= 0.6 is 0 Å². The predicted octanol–water partition coefficient (Wildman–Crippen LogP) is 0.163. The molecule has 0 spiro atoms. The van der Waals surface area contributed by atoms with E-state index in [-0.39, 0.29) is 19.3 Å². The molecular weight excluding hydrogens is 222 g/mol. The minimum atomic E-state index is -0.619. The maximum atomic E-state index is 9.22. The minimum Gasteiger partial charge on any atom is -0.486 e. The summed E-state index contributed by atoms with van der Waals surface area (Å²) in [5.41, 5.74) is 5.27. The number of nitrogens with two attached hydrogens (primary N) is 1. The molecule has 2 atom stereocenters. The standard InChI is InChI=1S/C12H17NO4/c13-5-9(14)6-15-7-10-8-16-11-3-1-2-4-12(11)17-10/h1-4,9-10,14H,5-8,13H2/t9-,10-/m0/s1. The Morgan fingerprint density at radius 1 is 1.41 bits per heavy atom. The fourth-order valence-electron chi connectivity index (χ4n) is 1.55. The number of aliphatic hydroxyl groups excluding tert-OH is 1. The van der Waals surface area contributed by atoms with Gasteiger partial charge in [0.1, 0.15) is 6.61 Å². The van der Waals surface area contributed by atoms with Crippen molar-refractivity contribution in [1.29, 1.82) is 0 Å². The van der Waals surface area contributed by atoms with E-state index in [1.54, 1.807) is 0 Å². The Morgan fingerprint density at radius 2 is 2.18 bits per heavy atom. The van der Waals surface area contributed by atoms with Crippen molar-refractivity contribution < 1.29 is 19.3 Å². The molecule has 1 aromatic rings. The third kappa shape index (κ3) is 3.33. The molecule has 3 N–H and O–H groups in total. The molecule has 0 amide bonds. The van der Waals surface area contributed by atoms with Gasteiger partial charge in [-0.2, -0.15) is 0 Å². The van der Waals surface area contributed by atoms with Crippen LogP contribution in [-0.4, -0.2) is 43.7 Å². The molecule has 1 aliphatic rings. The maximum Gasteiger partial charge on any atom is 0.161 e. The fourth-order valence-corrected chi connectivity index (χ4v) is 1.55. The van der Waals surface area contributed by atoms with Gasteiger partial charge in [-0.15, -0.1) is 0 Å². The van der Waals surface area contributed by atoms with Gasteiger partial charge in [0, 0.05) is 6.54 Å². The number of para-hydroxylation sites is 2. The summed E-state index contributed by atoms with van der Waals surface area (Å²) in [5, 5.41) is 9.22. The summed E-state index contributed by atoms with van der Waals surface area (Å²) < 4.78 is 16.5. The van der Waals surface area contributed by atoms with Crippen molar-refractivity contribution in [2.75, 3.05) is 26.4 Å². The van der Waals surface area contributed by atoms with Crippen LogP contribution in [0.4, 0.5) is 0 Å². The lowest BCUT2D eigenvalue weighted by atomic mass is 10.2. The molecule has 0 aromatic heterocycles. The van der Waals surface area contributed by atoms with E-state index in [2.05, 4.69) is 0 Å². The van der Waals surface area contributed by atoms with Gasteiger partial charge in [-0.05, 0) is 12.1 Å². The highest BCUT2D eigenvalue weighted by Gasteiger charge is 2.20. The quantitative estimate of drug-likeness (QED) is 0.765. The number of hydrogen-bond acceptors (Lipinski definition) is 5. The van der Waals surface area contributed by atoms with Crippen molar-refractivity contribution in [3.63, 3.8) is 0 Å². The van der Waals surface area contributed by atoms with E-state index >= 15 is 0 Å². The van der Waals surface area contributed by atoms with Gasteiger partial charge in [0.25, 0.3) is 0 Å². The number of hydrogen-bond donors (Lipinski definition) is 2. The van der Waals surface area contributed by atoms with Crippen molar-refractivity contribution in [3.8, 4) is 11.5 Å². The van der Waals surface area contributed by atoms with Crippen molar-refractivity contribution in [3.05, 3.63) is 24.3 Å². The number of rotatable bonds is 5. The molecule has 0 radical (unpaired) electrons. The molecule has 5 nitrogen and oxygen atoms in total. The second-order valence-corrected chi connectivity index (χ2v) is 3.92. The molecule has 0 fully saturated rings. The largest absolute Gasteiger partial charge is 0.486 e. The number of ether oxygens (including phenoxy) is 3. The minimum absolute atomic E-state index is 0.144. The van der Waals surface area contributed by atoms with Crippen LogP contribution in [0.2, 0.25) is 0 Å². The van der Waals surface area contributed by atoms with Gasteiger partial charge in [0.2, 0.25) is 0 Å². The summed E-state index contributed by atoms with van der Waals surface area (Å²) in [4.78, 5) is 0. The highest BCUT2D eigenvalue weighted by molar-refractivity contribution is 5.40. The summed E-state index contributed by atoms with van der Waals surface area (Å²) >= 11 is 0. The fraction of sp³-hybridized carbons (Fsp3) is 0.500. The van der Waals surface area contributed by atoms with Crippen LogP contribution in [0.5, 0.6) is 11.5 Å². The van der Waals surface area contributed by atoms with Gasteiger partial charge in [-0.25, -0.2) is 0 Å². The zero-order chi connectivity index (χ0) is 12.1. The molecule has 2 rings (SSSR count). The highest BCUT2D eigenvalue weighted by atomic mass is 16.6. The SMILES string of the molecule is NC[C@H](O)COC[C@H]1COc2ccccc2O1. The van der Waals surface area contributed by atoms with E-state index in [9.17, 15) is 5.11 Å². The highest BCUT2D eigenvalue weighted by Crippen LogP contribution is 2.30. The molecule has 94 valence electrons. The molecular formula is C12H17NO4. The second-order valence-electron chi connectivity index (χ2n) is 3.92. The summed E-state index contributed by atoms with van der Waals surface area (Å²) in [7, 11) is 0. The lowest BCUT2D eigenvalue weighted by Gasteiger charge is -2.26. The van der Waals surface area contributed by atoms with Gasteiger partial charge < -0.3 is 25.1 Å². The number of benzene rings is 1. The molecule has 0 unspecified atom stereocenters. The normalized spacial score (nSPS) is 20.0. The maximum absolute atomic E-state index is 9.22. The molecule has 0 aliphatic carbocycles. The van der Waals surface area contributed by atoms with Crippen molar-refractivity contribution in [2.45, 2.75) is 12.2 Å². The van der Waals surface area contributed by atoms with Gasteiger partial charge in [0.05, 0.1) is 19.3 Å². The number of aliphatic hydroxyl groups is 1. The monoisotopic (exact) mass is 239 g/mol. The van der Waals surface area contributed by atoms with E-state index < -0.39 is 6.10 Å². The first-order chi connectivity index (χ1) is 8.29. The van der Waals surface area contributed by atoms with Crippen LogP contribution in [0.15, 0.2) is 24.3 Å². The van der Waals surface area contributed by atoms with Crippen LogP contribution in [0.25, 0.3) is 0 Å². The molecule has 0 saturated heterocycles. The van der Waals surface area contributed by atoms with Crippen LogP contribution < -0.4 is 15.2 Å². The van der Waals surface area contributed by atoms with E-state index in [0.29, 0.717) is 13.2 Å². The third-order valence-electron chi connectivity index (χ3n) is 2.45. The van der Waals surface area contributed by atoms with Gasteiger partial charge in [-0.3, -0.25) is 0 Å². The van der Waals surface area contributed by atoms with Crippen molar-refractivity contribution in [2.24, 2.45) is 5.73 Å². The lowest BCUT2D eigenvalue weighted by Crippen LogP contribution is -2.35. The average Bonchev–Trinajstić information content (AvgIpc) is 2.38. The first-order valence-corrected chi connectivity index (χ1v) is 5.64. The third-order valence-corrected chi connectivity index (χ3v) is 2.45. The van der Waals surface area contributed by atoms with Crippen molar-refractivity contribution >= 4 is 0 Å². The van der Waals surface area contributed by atoms with Gasteiger partial charge >= 0.3 is 0 Å². The topological polar surface area (TPSA) is 73.9 Å². The number of fused-ring (bicyclic) bond motifs is 1. The molecule has 1 aromatic carbocycles. The summed E-state index contributed by atoms with van der Waals surface area (Å²) in [6.07, 6.45) is -0.762. The lowest BCUT2D eigenvalue weighted by molar-refractivity contribution is -0.0194. The Labute approximate surface area is 100 Å². The molecule has 0 bridgehead atoms. The second kappa shape index (κ2) is 5.86. The average molecular weight is 239 g/mol. The summed E-state index contributed by atoms with van der Waals surface area (Å²) in [6.45, 7) is 1.25. The molecule has 1 heterocycles. The Morgan fingerprint density at radius 3 is 2.94 bits per heavy atom. The van der Waals surface area contributed by atoms with E-state index in [1.807, 2.05) is 24.3 Å². The molecule has 1 aliphatic heterocycles. The Kier molecular flexibility index (Phi) is 4.19. The van der Waals surface area contributed by atoms with Crippen LogP contribution in [0.1, 0.15) is 0 Å².